The van der Waals surface area contributed by atoms with Crippen LogP contribution >= 0.6 is 0 Å². The molecule has 2 heterocycles. The molecular weight excluding hydrogens is 671 g/mol. The van der Waals surface area contributed by atoms with Gasteiger partial charge in [-0.25, -0.2) is 9.97 Å². The van der Waals surface area contributed by atoms with Crippen LogP contribution in [-0.4, -0.2) is 14.5 Å². The largest absolute Gasteiger partial charge is 0.308 e. The van der Waals surface area contributed by atoms with Gasteiger partial charge < -0.3 is 4.57 Å². The Labute approximate surface area is 319 Å². The van der Waals surface area contributed by atoms with Crippen molar-refractivity contribution < 1.29 is 0 Å². The Bertz CT molecular complexity index is 2790. The van der Waals surface area contributed by atoms with Crippen LogP contribution in [0.15, 0.2) is 164 Å². The Morgan fingerprint density at radius 2 is 0.873 bits per heavy atom. The molecule has 7 aromatic carbocycles. The summed E-state index contributed by atoms with van der Waals surface area (Å²) in [7, 11) is 0. The minimum atomic E-state index is 0.586. The monoisotopic (exact) mass is 703 g/mol. The number of rotatable bonds is 6. The maximum atomic E-state index is 9.76. The van der Waals surface area contributed by atoms with Gasteiger partial charge in [-0.3, -0.25) is 0 Å². The fourth-order valence-electron chi connectivity index (χ4n) is 7.48. The van der Waals surface area contributed by atoms with Crippen molar-refractivity contribution >= 4 is 21.8 Å². The lowest BCUT2D eigenvalue weighted by Gasteiger charge is -2.21. The number of nitriles is 2. The molecule has 9 rings (SSSR count). The Morgan fingerprint density at radius 1 is 0.436 bits per heavy atom. The first-order valence-corrected chi connectivity index (χ1v) is 18.2. The van der Waals surface area contributed by atoms with Crippen molar-refractivity contribution in [2.45, 2.75) is 13.8 Å². The average molecular weight is 704 g/mol. The molecule has 0 N–H and O–H groups in total. The van der Waals surface area contributed by atoms with E-state index in [4.69, 9.17) is 9.97 Å². The molecular formula is C50H33N5. The highest BCUT2D eigenvalue weighted by Crippen LogP contribution is 2.44. The van der Waals surface area contributed by atoms with Gasteiger partial charge in [-0.05, 0) is 91.7 Å². The highest BCUT2D eigenvalue weighted by atomic mass is 15.0. The maximum absolute atomic E-state index is 9.76. The molecule has 0 aliphatic rings. The van der Waals surface area contributed by atoms with E-state index in [-0.39, 0.29) is 0 Å². The molecule has 0 aliphatic carbocycles. The van der Waals surface area contributed by atoms with Crippen LogP contribution in [0, 0.1) is 36.5 Å². The molecule has 0 aliphatic heterocycles. The van der Waals surface area contributed by atoms with Crippen LogP contribution in [0.4, 0.5) is 0 Å². The molecule has 9 aromatic rings. The second kappa shape index (κ2) is 13.7. The summed E-state index contributed by atoms with van der Waals surface area (Å²) >= 11 is 0. The first kappa shape index (κ1) is 33.3. The minimum Gasteiger partial charge on any atom is -0.308 e. The smallest absolute Gasteiger partial charge is 0.160 e. The van der Waals surface area contributed by atoms with Crippen LogP contribution in [0.25, 0.3) is 83.6 Å². The van der Waals surface area contributed by atoms with Crippen LogP contribution in [0.1, 0.15) is 22.3 Å². The first-order chi connectivity index (χ1) is 27.0. The predicted octanol–water partition coefficient (Wildman–Crippen LogP) is 12.3. The van der Waals surface area contributed by atoms with Crippen LogP contribution in [0.5, 0.6) is 0 Å². The van der Waals surface area contributed by atoms with Crippen molar-refractivity contribution in [2.24, 2.45) is 0 Å². The predicted molar refractivity (Wildman–Crippen MR) is 222 cm³/mol. The zero-order valence-corrected chi connectivity index (χ0v) is 30.3. The summed E-state index contributed by atoms with van der Waals surface area (Å²) in [6.45, 7) is 4.26. The van der Waals surface area contributed by atoms with Crippen LogP contribution < -0.4 is 0 Å². The van der Waals surface area contributed by atoms with Crippen molar-refractivity contribution in [1.29, 1.82) is 10.5 Å². The zero-order chi connectivity index (χ0) is 37.5. The lowest BCUT2D eigenvalue weighted by atomic mass is 9.91. The van der Waals surface area contributed by atoms with Crippen LogP contribution in [0.2, 0.25) is 0 Å². The molecule has 0 radical (unpaired) electrons. The summed E-state index contributed by atoms with van der Waals surface area (Å²) in [6, 6.07) is 60.2. The number of aromatic nitrogens is 3. The molecule has 0 saturated carbocycles. The molecule has 55 heavy (non-hydrogen) atoms. The lowest BCUT2D eigenvalue weighted by Crippen LogP contribution is -2.03. The molecule has 0 fully saturated rings. The van der Waals surface area contributed by atoms with E-state index in [1.54, 1.807) is 0 Å². The molecule has 0 atom stereocenters. The van der Waals surface area contributed by atoms with E-state index in [1.165, 1.54) is 21.9 Å². The SMILES string of the molecule is Cc1ccc2c(c1)c1cc(C)ccc1n2-c1c(-c2ccc(C#N)cc2)cc(-c2nc(-c3ccccc3)cc(-c3ccccc3)n2)cc1-c1ccc(C#N)cc1. The van der Waals surface area contributed by atoms with E-state index in [2.05, 4.69) is 103 Å². The third-order valence-electron chi connectivity index (χ3n) is 10.2. The summed E-state index contributed by atoms with van der Waals surface area (Å²) < 4.78 is 2.37. The van der Waals surface area contributed by atoms with E-state index in [1.807, 2.05) is 91.0 Å². The molecule has 0 bridgehead atoms. The number of fused-ring (bicyclic) bond motifs is 3. The zero-order valence-electron chi connectivity index (χ0n) is 30.3. The lowest BCUT2D eigenvalue weighted by molar-refractivity contribution is 1.16. The van der Waals surface area contributed by atoms with Gasteiger partial charge in [0.25, 0.3) is 0 Å². The van der Waals surface area contributed by atoms with E-state index in [9.17, 15) is 10.5 Å². The maximum Gasteiger partial charge on any atom is 0.160 e. The van der Waals surface area contributed by atoms with E-state index in [0.29, 0.717) is 17.0 Å². The second-order valence-corrected chi connectivity index (χ2v) is 13.9. The third-order valence-corrected chi connectivity index (χ3v) is 10.2. The summed E-state index contributed by atoms with van der Waals surface area (Å²) in [5.74, 6) is 0.588. The number of aryl methyl sites for hydroxylation is 2. The van der Waals surface area contributed by atoms with Gasteiger partial charge in [-0.15, -0.1) is 0 Å². The van der Waals surface area contributed by atoms with E-state index >= 15 is 0 Å². The second-order valence-electron chi connectivity index (χ2n) is 13.9. The fraction of sp³-hybridized carbons (Fsp3) is 0.0400. The highest BCUT2D eigenvalue weighted by molar-refractivity contribution is 6.11. The van der Waals surface area contributed by atoms with Crippen molar-refractivity contribution in [3.8, 4) is 74.0 Å². The van der Waals surface area contributed by atoms with Gasteiger partial charge in [0.15, 0.2) is 5.82 Å². The number of benzene rings is 7. The number of hydrogen-bond donors (Lipinski definition) is 0. The molecule has 0 amide bonds. The van der Waals surface area contributed by atoms with Gasteiger partial charge in [-0.1, -0.05) is 108 Å². The van der Waals surface area contributed by atoms with Gasteiger partial charge in [0.2, 0.25) is 0 Å². The van der Waals surface area contributed by atoms with Crippen molar-refractivity contribution in [1.82, 2.24) is 14.5 Å². The summed E-state index contributed by atoms with van der Waals surface area (Å²) in [6.07, 6.45) is 0. The van der Waals surface area contributed by atoms with Crippen molar-refractivity contribution in [2.75, 3.05) is 0 Å². The topological polar surface area (TPSA) is 78.3 Å². The number of nitrogens with zero attached hydrogens (tertiary/aromatic N) is 5. The van der Waals surface area contributed by atoms with Gasteiger partial charge in [-0.2, -0.15) is 10.5 Å². The van der Waals surface area contributed by atoms with Gasteiger partial charge in [0.1, 0.15) is 0 Å². The van der Waals surface area contributed by atoms with Crippen LogP contribution in [-0.2, 0) is 0 Å². The molecule has 0 spiro atoms. The Kier molecular flexibility index (Phi) is 8.31. The molecule has 5 heteroatoms. The van der Waals surface area contributed by atoms with Gasteiger partial charge >= 0.3 is 0 Å². The van der Waals surface area contributed by atoms with Crippen molar-refractivity contribution in [3.05, 3.63) is 186 Å². The highest BCUT2D eigenvalue weighted by Gasteiger charge is 2.23. The normalized spacial score (nSPS) is 11.1. The Balaban J connectivity index is 1.42. The first-order valence-electron chi connectivity index (χ1n) is 18.2. The van der Waals surface area contributed by atoms with E-state index < -0.39 is 0 Å². The Morgan fingerprint density at radius 3 is 1.29 bits per heavy atom. The molecule has 258 valence electrons. The molecule has 2 aromatic heterocycles. The minimum absolute atomic E-state index is 0.586. The quantitative estimate of drug-likeness (QED) is 0.173. The van der Waals surface area contributed by atoms with Crippen LogP contribution in [0.3, 0.4) is 0 Å². The molecule has 0 saturated heterocycles. The summed E-state index contributed by atoms with van der Waals surface area (Å²) in [5.41, 5.74) is 15.0. The standard InChI is InChI=1S/C50H33N5/c1-32-13-23-47-43(25-32)44-26-33(2)14-24-48(44)55(47)49-41(36-19-15-34(30-51)16-20-36)27-40(28-42(49)37-21-17-35(31-52)18-22-37)50-53-45(38-9-5-3-6-10-38)29-46(54-50)39-11-7-4-8-12-39/h3-29H,1-2H3. The number of hydrogen-bond acceptors (Lipinski definition) is 4. The summed E-state index contributed by atoms with van der Waals surface area (Å²) in [5, 5.41) is 21.9. The summed E-state index contributed by atoms with van der Waals surface area (Å²) in [4.78, 5) is 10.5. The molecule has 0 unspecified atom stereocenters. The third kappa shape index (κ3) is 6.11. The Hall–Kier alpha value is -7.60. The van der Waals surface area contributed by atoms with E-state index in [0.717, 1.165) is 67.1 Å². The molecule has 5 nitrogen and oxygen atoms in total. The van der Waals surface area contributed by atoms with Crippen molar-refractivity contribution in [3.63, 3.8) is 0 Å². The van der Waals surface area contributed by atoms with Gasteiger partial charge in [0.05, 0.1) is 51.4 Å². The van der Waals surface area contributed by atoms with Gasteiger partial charge in [0, 0.05) is 38.6 Å². The fourth-order valence-corrected chi connectivity index (χ4v) is 7.48. The average Bonchev–Trinajstić information content (AvgIpc) is 3.55.